The summed E-state index contributed by atoms with van der Waals surface area (Å²) in [6, 6.07) is 2.05. The van der Waals surface area contributed by atoms with Crippen LogP contribution in [0.25, 0.3) is 0 Å². The maximum atomic E-state index is 12.3. The lowest BCUT2D eigenvalue weighted by Gasteiger charge is -2.36. The fourth-order valence-corrected chi connectivity index (χ4v) is 2.43. The monoisotopic (exact) mass is 221 g/mol. The number of likely N-dealkylation sites (tertiary alicyclic amines) is 1. The first-order valence-corrected chi connectivity index (χ1v) is 5.89. The number of nitrogens with one attached hydrogen (secondary N) is 1. The zero-order valence-electron chi connectivity index (χ0n) is 10.2. The van der Waals surface area contributed by atoms with Gasteiger partial charge < -0.3 is 10.2 Å². The predicted octanol–water partition coefficient (Wildman–Crippen LogP) is 0.745. The molecule has 1 N–H and O–H groups in total. The highest BCUT2D eigenvalue weighted by molar-refractivity contribution is 5.86. The molecule has 1 saturated carbocycles. The molecule has 1 heterocycles. The van der Waals surface area contributed by atoms with Gasteiger partial charge in [-0.3, -0.25) is 4.79 Å². The third-order valence-electron chi connectivity index (χ3n) is 3.97. The smallest absolute Gasteiger partial charge is 0.243 e. The van der Waals surface area contributed by atoms with E-state index in [-0.39, 0.29) is 11.9 Å². The highest BCUT2D eigenvalue weighted by Crippen LogP contribution is 2.47. The SMILES string of the molecule is CNC(C)(C)C(=O)N1CC2CC2CC1C#N. The van der Waals surface area contributed by atoms with E-state index in [1.165, 1.54) is 6.42 Å². The van der Waals surface area contributed by atoms with Gasteiger partial charge in [-0.05, 0) is 45.6 Å². The maximum absolute atomic E-state index is 12.3. The van der Waals surface area contributed by atoms with Gasteiger partial charge in [-0.1, -0.05) is 0 Å². The first-order chi connectivity index (χ1) is 7.49. The van der Waals surface area contributed by atoms with Crippen LogP contribution in [0.2, 0.25) is 0 Å². The highest BCUT2D eigenvalue weighted by Gasteiger charge is 2.48. The first kappa shape index (κ1) is 11.4. The molecule has 1 amide bonds. The second-order valence-electron chi connectivity index (χ2n) is 5.47. The standard InChI is InChI=1S/C12H19N3O/c1-12(2,14-3)11(16)15-7-9-4-8(9)5-10(15)6-13/h8-10,14H,4-5,7H2,1-3H3. The Morgan fingerprint density at radius 1 is 1.44 bits per heavy atom. The van der Waals surface area contributed by atoms with Gasteiger partial charge in [0.25, 0.3) is 0 Å². The van der Waals surface area contributed by atoms with Crippen LogP contribution < -0.4 is 5.32 Å². The van der Waals surface area contributed by atoms with E-state index >= 15 is 0 Å². The van der Waals surface area contributed by atoms with Crippen LogP contribution in [0.1, 0.15) is 26.7 Å². The van der Waals surface area contributed by atoms with Crippen LogP contribution in [0, 0.1) is 23.2 Å². The van der Waals surface area contributed by atoms with Gasteiger partial charge in [0.1, 0.15) is 6.04 Å². The number of hydrogen-bond donors (Lipinski definition) is 1. The molecule has 2 aliphatic rings. The molecule has 1 aliphatic carbocycles. The normalized spacial score (nSPS) is 32.9. The number of piperidine rings is 1. The second kappa shape index (κ2) is 3.74. The molecule has 88 valence electrons. The summed E-state index contributed by atoms with van der Waals surface area (Å²) in [5.74, 6) is 1.40. The van der Waals surface area contributed by atoms with Crippen LogP contribution in [0.5, 0.6) is 0 Å². The molecule has 16 heavy (non-hydrogen) atoms. The molecule has 2 fully saturated rings. The number of fused-ring (bicyclic) bond motifs is 1. The lowest BCUT2D eigenvalue weighted by Crippen LogP contribution is -2.57. The molecule has 0 aromatic carbocycles. The van der Waals surface area contributed by atoms with Crippen LogP contribution in [-0.4, -0.2) is 36.0 Å². The number of rotatable bonds is 2. The molecule has 4 heteroatoms. The third kappa shape index (κ3) is 1.80. The highest BCUT2D eigenvalue weighted by atomic mass is 16.2. The summed E-state index contributed by atoms with van der Waals surface area (Å²) in [7, 11) is 1.78. The van der Waals surface area contributed by atoms with Gasteiger partial charge in [-0.25, -0.2) is 0 Å². The minimum absolute atomic E-state index is 0.0481. The molecule has 0 aromatic rings. The number of carbonyl (C=O) groups excluding carboxylic acids is 1. The van der Waals surface area contributed by atoms with E-state index in [1.807, 2.05) is 13.8 Å². The zero-order chi connectivity index (χ0) is 11.9. The molecule has 0 radical (unpaired) electrons. The number of hydrogen-bond acceptors (Lipinski definition) is 3. The Hall–Kier alpha value is -1.08. The van der Waals surface area contributed by atoms with E-state index in [9.17, 15) is 4.79 Å². The summed E-state index contributed by atoms with van der Waals surface area (Å²) in [5.41, 5.74) is -0.573. The zero-order valence-corrected chi connectivity index (χ0v) is 10.2. The van der Waals surface area contributed by atoms with Gasteiger partial charge in [-0.2, -0.15) is 5.26 Å². The molecule has 1 saturated heterocycles. The van der Waals surface area contributed by atoms with Crippen molar-refractivity contribution in [1.29, 1.82) is 5.26 Å². The van der Waals surface area contributed by atoms with Gasteiger partial charge in [0.05, 0.1) is 11.6 Å². The van der Waals surface area contributed by atoms with Crippen LogP contribution in [0.15, 0.2) is 0 Å². The Bertz CT molecular complexity index is 345. The van der Waals surface area contributed by atoms with Gasteiger partial charge in [0, 0.05) is 6.54 Å². The second-order valence-corrected chi connectivity index (χ2v) is 5.47. The minimum atomic E-state index is -0.573. The van der Waals surface area contributed by atoms with Crippen LogP contribution in [-0.2, 0) is 4.79 Å². The van der Waals surface area contributed by atoms with Crippen molar-refractivity contribution in [3.63, 3.8) is 0 Å². The summed E-state index contributed by atoms with van der Waals surface area (Å²) >= 11 is 0. The number of carbonyl (C=O) groups is 1. The van der Waals surface area contributed by atoms with E-state index in [1.54, 1.807) is 11.9 Å². The molecule has 0 aromatic heterocycles. The Labute approximate surface area is 96.6 Å². The summed E-state index contributed by atoms with van der Waals surface area (Å²) in [5, 5.41) is 12.1. The van der Waals surface area contributed by atoms with E-state index in [2.05, 4.69) is 11.4 Å². The molecule has 0 bridgehead atoms. The average Bonchev–Trinajstić information content (AvgIpc) is 3.04. The summed E-state index contributed by atoms with van der Waals surface area (Å²) in [6.45, 7) is 4.50. The fourth-order valence-electron chi connectivity index (χ4n) is 2.43. The fraction of sp³-hybridized carbons (Fsp3) is 0.833. The van der Waals surface area contributed by atoms with Crippen molar-refractivity contribution in [2.24, 2.45) is 11.8 Å². The lowest BCUT2D eigenvalue weighted by molar-refractivity contribution is -0.139. The maximum Gasteiger partial charge on any atom is 0.243 e. The van der Waals surface area contributed by atoms with Crippen molar-refractivity contribution in [3.8, 4) is 6.07 Å². The Balaban J connectivity index is 2.12. The summed E-state index contributed by atoms with van der Waals surface area (Å²) in [6.07, 6.45) is 2.06. The number of likely N-dealkylation sites (N-methyl/N-ethyl adjacent to an activating group) is 1. The van der Waals surface area contributed by atoms with Crippen molar-refractivity contribution in [2.45, 2.75) is 38.3 Å². The van der Waals surface area contributed by atoms with Gasteiger partial charge in [0.2, 0.25) is 5.91 Å². The van der Waals surface area contributed by atoms with E-state index in [0.717, 1.165) is 13.0 Å². The largest absolute Gasteiger partial charge is 0.325 e. The van der Waals surface area contributed by atoms with Crippen molar-refractivity contribution in [2.75, 3.05) is 13.6 Å². The molecule has 2 rings (SSSR count). The number of amides is 1. The van der Waals surface area contributed by atoms with Crippen molar-refractivity contribution in [1.82, 2.24) is 10.2 Å². The Morgan fingerprint density at radius 3 is 2.69 bits per heavy atom. The third-order valence-corrected chi connectivity index (χ3v) is 3.97. The molecule has 1 aliphatic heterocycles. The molecular formula is C12H19N3O. The molecule has 3 unspecified atom stereocenters. The molecule has 3 atom stereocenters. The first-order valence-electron chi connectivity index (χ1n) is 5.89. The van der Waals surface area contributed by atoms with Crippen LogP contribution >= 0.6 is 0 Å². The van der Waals surface area contributed by atoms with Crippen molar-refractivity contribution < 1.29 is 4.79 Å². The Morgan fingerprint density at radius 2 is 2.12 bits per heavy atom. The molecular weight excluding hydrogens is 202 g/mol. The van der Waals surface area contributed by atoms with Crippen LogP contribution in [0.3, 0.4) is 0 Å². The van der Waals surface area contributed by atoms with Gasteiger partial charge in [0.15, 0.2) is 0 Å². The molecule has 0 spiro atoms. The molecule has 4 nitrogen and oxygen atoms in total. The Kier molecular flexibility index (Phi) is 2.67. The topological polar surface area (TPSA) is 56.1 Å². The van der Waals surface area contributed by atoms with E-state index in [0.29, 0.717) is 11.8 Å². The number of nitrogens with zero attached hydrogens (tertiary/aromatic N) is 2. The minimum Gasteiger partial charge on any atom is -0.325 e. The van der Waals surface area contributed by atoms with Gasteiger partial charge >= 0.3 is 0 Å². The summed E-state index contributed by atoms with van der Waals surface area (Å²) in [4.78, 5) is 14.1. The van der Waals surface area contributed by atoms with Crippen molar-refractivity contribution in [3.05, 3.63) is 0 Å². The van der Waals surface area contributed by atoms with E-state index < -0.39 is 5.54 Å². The van der Waals surface area contributed by atoms with Gasteiger partial charge in [-0.15, -0.1) is 0 Å². The van der Waals surface area contributed by atoms with Crippen molar-refractivity contribution >= 4 is 5.91 Å². The van der Waals surface area contributed by atoms with Crippen LogP contribution in [0.4, 0.5) is 0 Å². The predicted molar refractivity (Wildman–Crippen MR) is 60.5 cm³/mol. The lowest BCUT2D eigenvalue weighted by atomic mass is 9.97. The number of nitriles is 1. The quantitative estimate of drug-likeness (QED) is 0.748. The average molecular weight is 221 g/mol. The summed E-state index contributed by atoms with van der Waals surface area (Å²) < 4.78 is 0. The van der Waals surface area contributed by atoms with E-state index in [4.69, 9.17) is 5.26 Å².